The van der Waals surface area contributed by atoms with Crippen molar-refractivity contribution in [2.75, 3.05) is 31.5 Å². The molecule has 6 rings (SSSR count). The molecule has 1 atom stereocenters. The highest BCUT2D eigenvalue weighted by molar-refractivity contribution is 6.08. The minimum Gasteiger partial charge on any atom is -0.366 e. The number of rotatable bonds is 7. The number of amides is 1. The number of aromatic nitrogens is 1. The van der Waals surface area contributed by atoms with Crippen molar-refractivity contribution in [1.82, 2.24) is 14.8 Å². The summed E-state index contributed by atoms with van der Waals surface area (Å²) < 4.78 is 13.9. The summed E-state index contributed by atoms with van der Waals surface area (Å²) in [5.74, 6) is 0.343. The van der Waals surface area contributed by atoms with Gasteiger partial charge >= 0.3 is 0 Å². The number of hydrogen-bond acceptors (Lipinski definition) is 5. The first-order valence-electron chi connectivity index (χ1n) is 14.5. The van der Waals surface area contributed by atoms with Crippen LogP contribution in [0.2, 0.25) is 0 Å². The van der Waals surface area contributed by atoms with Gasteiger partial charge in [0.15, 0.2) is 0 Å². The summed E-state index contributed by atoms with van der Waals surface area (Å²) in [6, 6.07) is 22.4. The number of benzene rings is 3. The van der Waals surface area contributed by atoms with Gasteiger partial charge in [-0.2, -0.15) is 5.26 Å². The van der Waals surface area contributed by atoms with Crippen molar-refractivity contribution < 1.29 is 9.18 Å². The Balaban J connectivity index is 1.37. The molecule has 2 aliphatic heterocycles. The molecule has 2 aliphatic rings. The molecular weight excluding hydrogens is 513 g/mol. The fourth-order valence-electron chi connectivity index (χ4n) is 6.14. The predicted molar refractivity (Wildman–Crippen MR) is 160 cm³/mol. The second kappa shape index (κ2) is 11.7. The highest BCUT2D eigenvalue weighted by Gasteiger charge is 2.32. The summed E-state index contributed by atoms with van der Waals surface area (Å²) in [6.07, 6.45) is 4.49. The zero-order chi connectivity index (χ0) is 28.3. The topological polar surface area (TPSA) is 72.3 Å². The van der Waals surface area contributed by atoms with Gasteiger partial charge in [-0.3, -0.25) is 4.79 Å². The van der Waals surface area contributed by atoms with Crippen LogP contribution in [0, 0.1) is 24.1 Å². The Kier molecular flexibility index (Phi) is 7.67. The van der Waals surface area contributed by atoms with Crippen LogP contribution in [-0.2, 0) is 6.54 Å². The van der Waals surface area contributed by atoms with Gasteiger partial charge in [0.25, 0.3) is 5.91 Å². The molecule has 0 bridgehead atoms. The van der Waals surface area contributed by atoms with E-state index in [0.717, 1.165) is 72.2 Å². The Morgan fingerprint density at radius 1 is 1.00 bits per heavy atom. The third-order valence-electron chi connectivity index (χ3n) is 8.46. The van der Waals surface area contributed by atoms with Gasteiger partial charge in [0.2, 0.25) is 0 Å². The maximum absolute atomic E-state index is 14.3. The molecule has 0 radical (unpaired) electrons. The van der Waals surface area contributed by atoms with Gasteiger partial charge in [0.1, 0.15) is 11.6 Å². The van der Waals surface area contributed by atoms with Crippen LogP contribution in [0.4, 0.5) is 10.2 Å². The number of anilines is 1. The number of fused-ring (bicyclic) bond motifs is 1. The average Bonchev–Trinajstić information content (AvgIpc) is 3.69. The van der Waals surface area contributed by atoms with Crippen LogP contribution in [0.3, 0.4) is 0 Å². The standard InChI is InChI=1S/C34H34FN5O/c1-23-6-12-28(35)17-27(23)21-37-33-19-31(34(41)40-16-4-5-29(40)22-39-14-2-3-15-39)30-18-26(11-13-32(30)38-33)25-9-7-24(20-36)8-10-25/h6-13,17-19,29H,2-5,14-16,21-22H2,1H3,(H,37,38)/t29-/m0/s1. The first-order valence-corrected chi connectivity index (χ1v) is 14.5. The van der Waals surface area contributed by atoms with Crippen molar-refractivity contribution in [2.45, 2.75) is 45.2 Å². The van der Waals surface area contributed by atoms with E-state index in [9.17, 15) is 14.4 Å². The van der Waals surface area contributed by atoms with Gasteiger partial charge in [-0.1, -0.05) is 24.3 Å². The number of carbonyl (C=O) groups is 1. The molecule has 1 N–H and O–H groups in total. The van der Waals surface area contributed by atoms with Gasteiger partial charge in [-0.25, -0.2) is 9.37 Å². The molecule has 0 aliphatic carbocycles. The van der Waals surface area contributed by atoms with Gasteiger partial charge in [0, 0.05) is 31.1 Å². The number of nitrogens with one attached hydrogen (secondary N) is 1. The van der Waals surface area contributed by atoms with Crippen molar-refractivity contribution in [3.05, 3.63) is 94.8 Å². The molecule has 0 spiro atoms. The normalized spacial score (nSPS) is 17.2. The summed E-state index contributed by atoms with van der Waals surface area (Å²) >= 11 is 0. The zero-order valence-corrected chi connectivity index (χ0v) is 23.4. The lowest BCUT2D eigenvalue weighted by Gasteiger charge is -2.29. The Bertz CT molecular complexity index is 1620. The molecule has 1 aromatic heterocycles. The Labute approximate surface area is 240 Å². The summed E-state index contributed by atoms with van der Waals surface area (Å²) in [4.78, 5) is 23.7. The van der Waals surface area contributed by atoms with Crippen molar-refractivity contribution in [3.63, 3.8) is 0 Å². The molecule has 6 nitrogen and oxygen atoms in total. The monoisotopic (exact) mass is 547 g/mol. The number of carbonyl (C=O) groups excluding carboxylic acids is 1. The van der Waals surface area contributed by atoms with Gasteiger partial charge in [0.05, 0.1) is 22.7 Å². The molecule has 3 heterocycles. The van der Waals surface area contributed by atoms with Gasteiger partial charge < -0.3 is 15.1 Å². The molecule has 3 aromatic carbocycles. The molecule has 41 heavy (non-hydrogen) atoms. The van der Waals surface area contributed by atoms with E-state index in [1.807, 2.05) is 43.3 Å². The maximum atomic E-state index is 14.3. The predicted octanol–water partition coefficient (Wildman–Crippen LogP) is 6.53. The number of aryl methyl sites for hydroxylation is 1. The van der Waals surface area contributed by atoms with E-state index in [1.165, 1.54) is 25.0 Å². The number of likely N-dealkylation sites (tertiary alicyclic amines) is 2. The van der Waals surface area contributed by atoms with Crippen molar-refractivity contribution in [2.24, 2.45) is 0 Å². The van der Waals surface area contributed by atoms with E-state index in [0.29, 0.717) is 23.5 Å². The van der Waals surface area contributed by atoms with Crippen LogP contribution in [0.1, 0.15) is 52.7 Å². The Morgan fingerprint density at radius 2 is 1.78 bits per heavy atom. The first-order chi connectivity index (χ1) is 20.0. The first kappa shape index (κ1) is 26.9. The van der Waals surface area contributed by atoms with E-state index in [1.54, 1.807) is 18.2 Å². The summed E-state index contributed by atoms with van der Waals surface area (Å²) in [5, 5.41) is 13.3. The third kappa shape index (κ3) is 5.79. The molecule has 0 saturated carbocycles. The Hall–Kier alpha value is -4.28. The lowest BCUT2D eigenvalue weighted by atomic mass is 9.99. The fraction of sp³-hybridized carbons (Fsp3) is 0.324. The van der Waals surface area contributed by atoms with Crippen LogP contribution < -0.4 is 5.32 Å². The minimum absolute atomic E-state index is 0.0288. The molecule has 1 amide bonds. The molecular formula is C34H34FN5O. The number of hydrogen-bond donors (Lipinski definition) is 1. The number of pyridine rings is 1. The van der Waals surface area contributed by atoms with E-state index < -0.39 is 0 Å². The highest BCUT2D eigenvalue weighted by atomic mass is 19.1. The lowest BCUT2D eigenvalue weighted by Crippen LogP contribution is -2.42. The molecule has 2 saturated heterocycles. The molecule has 0 unspecified atom stereocenters. The van der Waals surface area contributed by atoms with E-state index in [2.05, 4.69) is 21.2 Å². The second-order valence-corrected chi connectivity index (χ2v) is 11.2. The third-order valence-corrected chi connectivity index (χ3v) is 8.46. The van der Waals surface area contributed by atoms with Crippen LogP contribution >= 0.6 is 0 Å². The highest BCUT2D eigenvalue weighted by Crippen LogP contribution is 2.31. The number of nitriles is 1. The second-order valence-electron chi connectivity index (χ2n) is 11.2. The SMILES string of the molecule is Cc1ccc(F)cc1CNc1cc(C(=O)N2CCC[C@H]2CN2CCCC2)c2cc(-c3ccc(C#N)cc3)ccc2n1. The van der Waals surface area contributed by atoms with Crippen molar-refractivity contribution >= 4 is 22.6 Å². The Morgan fingerprint density at radius 3 is 2.56 bits per heavy atom. The zero-order valence-electron chi connectivity index (χ0n) is 23.4. The van der Waals surface area contributed by atoms with Crippen LogP contribution in [0.25, 0.3) is 22.0 Å². The molecule has 4 aromatic rings. The molecule has 2 fully saturated rings. The lowest BCUT2D eigenvalue weighted by molar-refractivity contribution is 0.0710. The minimum atomic E-state index is -0.275. The van der Waals surface area contributed by atoms with Crippen LogP contribution in [0.5, 0.6) is 0 Å². The summed E-state index contributed by atoms with van der Waals surface area (Å²) in [6.45, 7) is 6.26. The summed E-state index contributed by atoms with van der Waals surface area (Å²) in [7, 11) is 0. The van der Waals surface area contributed by atoms with Crippen LogP contribution in [-0.4, -0.2) is 52.9 Å². The summed E-state index contributed by atoms with van der Waals surface area (Å²) in [5.41, 5.74) is 5.73. The smallest absolute Gasteiger partial charge is 0.254 e. The fourth-order valence-corrected chi connectivity index (χ4v) is 6.14. The molecule has 7 heteroatoms. The van der Waals surface area contributed by atoms with E-state index in [4.69, 9.17) is 4.98 Å². The van der Waals surface area contributed by atoms with Gasteiger partial charge in [-0.15, -0.1) is 0 Å². The van der Waals surface area contributed by atoms with Crippen molar-refractivity contribution in [3.8, 4) is 17.2 Å². The number of nitrogens with zero attached hydrogens (tertiary/aromatic N) is 4. The average molecular weight is 548 g/mol. The largest absolute Gasteiger partial charge is 0.366 e. The number of halogens is 1. The van der Waals surface area contributed by atoms with Crippen LogP contribution in [0.15, 0.2) is 66.7 Å². The molecule has 208 valence electrons. The van der Waals surface area contributed by atoms with Crippen molar-refractivity contribution in [1.29, 1.82) is 5.26 Å². The van der Waals surface area contributed by atoms with E-state index >= 15 is 0 Å². The van der Waals surface area contributed by atoms with Gasteiger partial charge in [-0.05, 0) is 110 Å². The van der Waals surface area contributed by atoms with E-state index in [-0.39, 0.29) is 17.8 Å². The quantitative estimate of drug-likeness (QED) is 0.285. The maximum Gasteiger partial charge on any atom is 0.254 e.